The van der Waals surface area contributed by atoms with E-state index in [2.05, 4.69) is 20.3 Å². The predicted octanol–water partition coefficient (Wildman–Crippen LogP) is 2.01. The van der Waals surface area contributed by atoms with E-state index in [-0.39, 0.29) is 5.91 Å². The van der Waals surface area contributed by atoms with Crippen LogP contribution in [0.1, 0.15) is 34.8 Å². The lowest BCUT2D eigenvalue weighted by molar-refractivity contribution is 0.0705. The van der Waals surface area contributed by atoms with Crippen molar-refractivity contribution in [2.45, 2.75) is 18.8 Å². The molecule has 1 atom stereocenters. The highest BCUT2D eigenvalue weighted by Gasteiger charge is 2.27. The molecule has 1 N–H and O–H groups in total. The van der Waals surface area contributed by atoms with Crippen molar-refractivity contribution in [3.8, 4) is 5.69 Å². The number of nitrogens with one attached hydrogen (secondary N) is 1. The van der Waals surface area contributed by atoms with E-state index < -0.39 is 0 Å². The number of aromatic nitrogens is 5. The molecule has 0 unspecified atom stereocenters. The maximum atomic E-state index is 13.1. The minimum absolute atomic E-state index is 0.0327. The number of hydrogen-bond donors (Lipinski definition) is 1. The van der Waals surface area contributed by atoms with Crippen molar-refractivity contribution in [3.05, 3.63) is 60.4 Å². The lowest BCUT2D eigenvalue weighted by Crippen LogP contribution is -2.39. The molecule has 24 heavy (non-hydrogen) atoms. The number of H-pyrrole nitrogens is 1. The summed E-state index contributed by atoms with van der Waals surface area (Å²) < 4.78 is 1.63. The fourth-order valence-corrected chi connectivity index (χ4v) is 3.27. The van der Waals surface area contributed by atoms with Crippen LogP contribution >= 0.6 is 0 Å². The molecule has 0 aliphatic carbocycles. The van der Waals surface area contributed by atoms with Crippen LogP contribution in [0.15, 0.2) is 49.2 Å². The third-order valence-electron chi connectivity index (χ3n) is 4.47. The summed E-state index contributed by atoms with van der Waals surface area (Å²) in [5.74, 6) is 0.342. The number of rotatable bonds is 3. The highest BCUT2D eigenvalue weighted by molar-refractivity contribution is 5.97. The van der Waals surface area contributed by atoms with Crippen molar-refractivity contribution in [1.29, 1.82) is 0 Å². The van der Waals surface area contributed by atoms with Gasteiger partial charge in [-0.3, -0.25) is 9.89 Å². The van der Waals surface area contributed by atoms with Gasteiger partial charge in [0, 0.05) is 30.9 Å². The van der Waals surface area contributed by atoms with Gasteiger partial charge in [0.05, 0.1) is 11.3 Å². The lowest BCUT2D eigenvalue weighted by atomic mass is 9.94. The van der Waals surface area contributed by atoms with Gasteiger partial charge in [0.2, 0.25) is 0 Å². The summed E-state index contributed by atoms with van der Waals surface area (Å²) in [6.45, 7) is 1.47. The van der Waals surface area contributed by atoms with Crippen LogP contribution < -0.4 is 0 Å². The Labute approximate surface area is 139 Å². The molecule has 0 saturated carbocycles. The van der Waals surface area contributed by atoms with Crippen LogP contribution in [0.4, 0.5) is 0 Å². The number of para-hydroxylation sites is 1. The Morgan fingerprint density at radius 3 is 2.96 bits per heavy atom. The van der Waals surface area contributed by atoms with Crippen molar-refractivity contribution in [3.63, 3.8) is 0 Å². The summed E-state index contributed by atoms with van der Waals surface area (Å²) in [5, 5.41) is 11.2. The van der Waals surface area contributed by atoms with Crippen molar-refractivity contribution < 1.29 is 4.79 Å². The highest BCUT2D eigenvalue weighted by Crippen LogP contribution is 2.27. The second kappa shape index (κ2) is 6.27. The minimum atomic E-state index is 0.0327. The van der Waals surface area contributed by atoms with Crippen LogP contribution in [0.25, 0.3) is 5.69 Å². The zero-order valence-electron chi connectivity index (χ0n) is 13.2. The molecule has 0 spiro atoms. The fraction of sp³-hybridized carbons (Fsp3) is 0.294. The molecule has 2 aromatic heterocycles. The van der Waals surface area contributed by atoms with E-state index >= 15 is 0 Å². The molecule has 7 nitrogen and oxygen atoms in total. The van der Waals surface area contributed by atoms with Crippen LogP contribution in [0.5, 0.6) is 0 Å². The Kier molecular flexibility index (Phi) is 3.82. The van der Waals surface area contributed by atoms with E-state index in [9.17, 15) is 4.79 Å². The van der Waals surface area contributed by atoms with Crippen molar-refractivity contribution in [2.24, 2.45) is 0 Å². The number of aromatic amines is 1. The number of piperidine rings is 1. The summed E-state index contributed by atoms with van der Waals surface area (Å²) in [6, 6.07) is 9.50. The topological polar surface area (TPSA) is 79.7 Å². The second-order valence-electron chi connectivity index (χ2n) is 5.96. The minimum Gasteiger partial charge on any atom is -0.338 e. The summed E-state index contributed by atoms with van der Waals surface area (Å²) in [5.41, 5.74) is 2.49. The van der Waals surface area contributed by atoms with Crippen molar-refractivity contribution in [2.75, 3.05) is 13.1 Å². The Morgan fingerprint density at radius 2 is 2.17 bits per heavy atom. The molecule has 0 bridgehead atoms. The summed E-state index contributed by atoms with van der Waals surface area (Å²) in [4.78, 5) is 19.0. The maximum Gasteiger partial charge on any atom is 0.256 e. The first-order valence-electron chi connectivity index (χ1n) is 8.05. The van der Waals surface area contributed by atoms with Crippen molar-refractivity contribution in [1.82, 2.24) is 29.9 Å². The molecular weight excluding hydrogens is 304 g/mol. The van der Waals surface area contributed by atoms with Crippen LogP contribution in [0.2, 0.25) is 0 Å². The predicted molar refractivity (Wildman–Crippen MR) is 87.8 cm³/mol. The Bertz CT molecular complexity index is 811. The Morgan fingerprint density at radius 1 is 1.25 bits per heavy atom. The standard InChI is InChI=1S/C17H18N6O/c24-17(14-5-1-2-6-16(14)23-12-18-11-20-23)22-9-3-4-13(10-22)15-7-8-19-21-15/h1-2,5-8,11-13H,3-4,9-10H2,(H,19,21)/t13-/m0/s1. The molecule has 1 fully saturated rings. The third kappa shape index (κ3) is 2.68. The molecule has 3 heterocycles. The average Bonchev–Trinajstić information content (AvgIpc) is 3.35. The first kappa shape index (κ1) is 14.6. The normalized spacial score (nSPS) is 17.8. The molecule has 0 radical (unpaired) electrons. The highest BCUT2D eigenvalue weighted by atomic mass is 16.2. The van der Waals surface area contributed by atoms with Crippen LogP contribution in [-0.2, 0) is 0 Å². The van der Waals surface area contributed by atoms with Gasteiger partial charge in [-0.25, -0.2) is 9.67 Å². The summed E-state index contributed by atoms with van der Waals surface area (Å²) in [6.07, 6.45) is 6.89. The number of amides is 1. The number of carbonyl (C=O) groups excluding carboxylic acids is 1. The monoisotopic (exact) mass is 322 g/mol. The van der Waals surface area contributed by atoms with Gasteiger partial charge in [-0.15, -0.1) is 0 Å². The molecule has 4 rings (SSSR count). The molecule has 7 heteroatoms. The molecule has 1 aromatic carbocycles. The van der Waals surface area contributed by atoms with Crippen molar-refractivity contribution >= 4 is 5.91 Å². The first-order valence-corrected chi connectivity index (χ1v) is 8.05. The van der Waals surface area contributed by atoms with Gasteiger partial charge in [-0.05, 0) is 31.0 Å². The van der Waals surface area contributed by atoms with E-state index in [1.807, 2.05) is 35.2 Å². The van der Waals surface area contributed by atoms with Gasteiger partial charge in [-0.1, -0.05) is 12.1 Å². The molecular formula is C17H18N6O. The number of likely N-dealkylation sites (tertiary alicyclic amines) is 1. The van der Waals surface area contributed by atoms with Gasteiger partial charge in [0.1, 0.15) is 12.7 Å². The number of benzene rings is 1. The lowest BCUT2D eigenvalue weighted by Gasteiger charge is -2.32. The molecule has 1 saturated heterocycles. The molecule has 1 aliphatic rings. The average molecular weight is 322 g/mol. The van der Waals surface area contributed by atoms with E-state index in [0.29, 0.717) is 18.0 Å². The maximum absolute atomic E-state index is 13.1. The third-order valence-corrected chi connectivity index (χ3v) is 4.47. The van der Waals surface area contributed by atoms with E-state index in [1.54, 1.807) is 17.2 Å². The van der Waals surface area contributed by atoms with E-state index in [4.69, 9.17) is 0 Å². The Balaban J connectivity index is 1.60. The molecule has 122 valence electrons. The smallest absolute Gasteiger partial charge is 0.256 e. The fourth-order valence-electron chi connectivity index (χ4n) is 3.27. The van der Waals surface area contributed by atoms with E-state index in [1.165, 1.54) is 6.33 Å². The number of hydrogen-bond acceptors (Lipinski definition) is 4. The molecule has 1 aliphatic heterocycles. The van der Waals surface area contributed by atoms with Crippen LogP contribution in [0.3, 0.4) is 0 Å². The van der Waals surface area contributed by atoms with E-state index in [0.717, 1.165) is 30.8 Å². The zero-order valence-corrected chi connectivity index (χ0v) is 13.2. The SMILES string of the molecule is O=C(c1ccccc1-n1cncn1)N1CCC[C@H](c2ccn[nH]2)C1. The first-order chi connectivity index (χ1) is 11.8. The van der Waals surface area contributed by atoms with Gasteiger partial charge < -0.3 is 4.90 Å². The summed E-state index contributed by atoms with van der Waals surface area (Å²) in [7, 11) is 0. The summed E-state index contributed by atoms with van der Waals surface area (Å²) >= 11 is 0. The second-order valence-corrected chi connectivity index (χ2v) is 5.96. The van der Waals surface area contributed by atoms with Gasteiger partial charge in [0.25, 0.3) is 5.91 Å². The number of carbonyl (C=O) groups is 1. The quantitative estimate of drug-likeness (QED) is 0.800. The van der Waals surface area contributed by atoms with Gasteiger partial charge in [-0.2, -0.15) is 10.2 Å². The van der Waals surface area contributed by atoms with Crippen LogP contribution in [-0.4, -0.2) is 48.9 Å². The van der Waals surface area contributed by atoms with Gasteiger partial charge in [0.15, 0.2) is 0 Å². The van der Waals surface area contributed by atoms with Crippen LogP contribution in [0, 0.1) is 0 Å². The van der Waals surface area contributed by atoms with Gasteiger partial charge >= 0.3 is 0 Å². The zero-order chi connectivity index (χ0) is 16.4. The largest absolute Gasteiger partial charge is 0.338 e. The number of nitrogens with zero attached hydrogens (tertiary/aromatic N) is 5. The molecule has 3 aromatic rings. The molecule has 1 amide bonds. The Hall–Kier alpha value is -2.96.